The molecule has 0 rings (SSSR count). The van der Waals surface area contributed by atoms with Gasteiger partial charge in [0.25, 0.3) is 5.78 Å². The van der Waals surface area contributed by atoms with Crippen LogP contribution in [0.3, 0.4) is 0 Å². The first-order chi connectivity index (χ1) is 4.91. The molecule has 0 saturated heterocycles. The van der Waals surface area contributed by atoms with Gasteiger partial charge in [-0.05, 0) is 0 Å². The standard InChI is InChI=1S/C4H3NO4S2.Na.H/c6-1-5-4(10,11)2(7)3(8)9;;/h10-11H,(H,8,9);;/q;+1;-1. The van der Waals surface area contributed by atoms with Crippen LogP contribution in [0.2, 0.25) is 0 Å². The number of hydrogen-bond donors (Lipinski definition) is 3. The van der Waals surface area contributed by atoms with Gasteiger partial charge in [0.15, 0.2) is 0 Å². The van der Waals surface area contributed by atoms with Gasteiger partial charge < -0.3 is 6.53 Å². The fourth-order valence-electron chi connectivity index (χ4n) is 0.258. The van der Waals surface area contributed by atoms with Gasteiger partial charge in [-0.1, -0.05) is 0 Å². The molecule has 0 unspecified atom stereocenters. The minimum atomic E-state index is -2.12. The van der Waals surface area contributed by atoms with E-state index >= 15 is 0 Å². The van der Waals surface area contributed by atoms with Crippen LogP contribution in [0.5, 0.6) is 0 Å². The largest absolute Gasteiger partial charge is 1.00 e. The number of rotatable bonds is 3. The molecule has 0 amide bonds. The molecule has 0 aromatic carbocycles. The number of thiol groups is 2. The van der Waals surface area contributed by atoms with E-state index in [9.17, 15) is 14.4 Å². The maximum absolute atomic E-state index is 10.5. The second-order valence-electron chi connectivity index (χ2n) is 1.47. The molecule has 0 saturated carbocycles. The third-order valence-electron chi connectivity index (χ3n) is 0.700. The SMILES string of the molecule is O=C=NC(S)(S)C(=O)C(=O)O.[H-].[Na+]. The van der Waals surface area contributed by atoms with Crippen molar-refractivity contribution < 1.29 is 50.5 Å². The number of aliphatic carboxylic acids is 1. The molecule has 1 N–H and O–H groups in total. The van der Waals surface area contributed by atoms with Gasteiger partial charge in [0.1, 0.15) is 0 Å². The number of aliphatic imine (C=N–C) groups is 1. The average Bonchev–Trinajstić information content (AvgIpc) is 1.86. The predicted octanol–water partition coefficient (Wildman–Crippen LogP) is -3.39. The molecule has 0 radical (unpaired) electrons. The quantitative estimate of drug-likeness (QED) is 0.115. The van der Waals surface area contributed by atoms with Crippen molar-refractivity contribution in [2.45, 2.75) is 4.20 Å². The number of carboxylic acid groups (broad SMARTS) is 1. The molecule has 0 heterocycles. The van der Waals surface area contributed by atoms with Gasteiger partial charge in [-0.3, -0.25) is 4.79 Å². The van der Waals surface area contributed by atoms with Crippen molar-refractivity contribution in [2.75, 3.05) is 0 Å². The van der Waals surface area contributed by atoms with Crippen LogP contribution in [-0.2, 0) is 14.4 Å². The van der Waals surface area contributed by atoms with Crippen molar-refractivity contribution in [3.63, 3.8) is 0 Å². The molecule has 0 bridgehead atoms. The summed E-state index contributed by atoms with van der Waals surface area (Å²) in [7, 11) is 0. The average molecular weight is 217 g/mol. The van der Waals surface area contributed by atoms with Crippen molar-refractivity contribution in [1.29, 1.82) is 0 Å². The molecule has 0 spiro atoms. The zero-order valence-electron chi connectivity index (χ0n) is 7.01. The van der Waals surface area contributed by atoms with Crippen molar-refractivity contribution in [3.8, 4) is 0 Å². The molecular weight excluding hydrogens is 213 g/mol. The van der Waals surface area contributed by atoms with Crippen LogP contribution in [0.4, 0.5) is 0 Å². The first kappa shape index (κ1) is 14.7. The summed E-state index contributed by atoms with van der Waals surface area (Å²) < 4.78 is -2.12. The van der Waals surface area contributed by atoms with Crippen molar-refractivity contribution in [1.82, 2.24) is 0 Å². The summed E-state index contributed by atoms with van der Waals surface area (Å²) in [6, 6.07) is 0. The molecule has 0 aliphatic rings. The van der Waals surface area contributed by atoms with E-state index in [-0.39, 0.29) is 31.0 Å². The molecule has 62 valence electrons. The van der Waals surface area contributed by atoms with Gasteiger partial charge in [0, 0.05) is 0 Å². The minimum absolute atomic E-state index is 0. The normalized spacial score (nSPS) is 9.17. The van der Waals surface area contributed by atoms with Crippen LogP contribution in [0.15, 0.2) is 4.99 Å². The van der Waals surface area contributed by atoms with E-state index in [1.54, 1.807) is 0 Å². The zero-order chi connectivity index (χ0) is 9.07. The molecule has 8 heteroatoms. The molecular formula is C4H4NNaO4S2. The summed E-state index contributed by atoms with van der Waals surface area (Å²) in [5.41, 5.74) is 0. The second kappa shape index (κ2) is 5.80. The maximum Gasteiger partial charge on any atom is 1.00 e. The molecule has 0 aromatic rings. The van der Waals surface area contributed by atoms with E-state index in [0.29, 0.717) is 0 Å². The summed E-state index contributed by atoms with van der Waals surface area (Å²) >= 11 is 6.81. The zero-order valence-corrected chi connectivity index (χ0v) is 9.80. The summed E-state index contributed by atoms with van der Waals surface area (Å²) in [6.45, 7) is 0. The Morgan fingerprint density at radius 2 is 1.92 bits per heavy atom. The molecule has 0 aliphatic carbocycles. The van der Waals surface area contributed by atoms with Crippen LogP contribution in [0, 0.1) is 0 Å². The molecule has 0 fully saturated rings. The Kier molecular flexibility index (Phi) is 7.11. The summed E-state index contributed by atoms with van der Waals surface area (Å²) in [5, 5.41) is 8.11. The number of hydrogen-bond acceptors (Lipinski definition) is 6. The van der Waals surface area contributed by atoms with Gasteiger partial charge in [-0.25, -0.2) is 9.59 Å². The Labute approximate surface area is 102 Å². The fraction of sp³-hybridized carbons (Fsp3) is 0.250. The predicted molar refractivity (Wildman–Crippen MR) is 42.6 cm³/mol. The first-order valence-corrected chi connectivity index (χ1v) is 3.12. The Morgan fingerprint density at radius 3 is 2.17 bits per heavy atom. The van der Waals surface area contributed by atoms with Gasteiger partial charge in [-0.2, -0.15) is 4.99 Å². The number of carbonyl (C=O) groups excluding carboxylic acids is 2. The van der Waals surface area contributed by atoms with Crippen LogP contribution < -0.4 is 29.6 Å². The van der Waals surface area contributed by atoms with Gasteiger partial charge in [0.05, 0.1) is 0 Å². The molecule has 0 aliphatic heterocycles. The molecule has 5 nitrogen and oxygen atoms in total. The monoisotopic (exact) mass is 217 g/mol. The third-order valence-corrected chi connectivity index (χ3v) is 1.31. The molecule has 0 aromatic heterocycles. The van der Waals surface area contributed by atoms with Crippen molar-refractivity contribution >= 4 is 43.1 Å². The third kappa shape index (κ3) is 4.30. The topological polar surface area (TPSA) is 83.8 Å². The minimum Gasteiger partial charge on any atom is -1.00 e. The van der Waals surface area contributed by atoms with Crippen molar-refractivity contribution in [3.05, 3.63) is 0 Å². The van der Waals surface area contributed by atoms with Gasteiger partial charge >= 0.3 is 35.5 Å². The van der Waals surface area contributed by atoms with E-state index in [2.05, 4.69) is 30.2 Å². The number of ketones is 1. The second-order valence-corrected chi connectivity index (χ2v) is 3.12. The van der Waals surface area contributed by atoms with Crippen molar-refractivity contribution in [2.24, 2.45) is 4.99 Å². The van der Waals surface area contributed by atoms with Crippen LogP contribution in [0.25, 0.3) is 0 Å². The Morgan fingerprint density at radius 1 is 1.50 bits per heavy atom. The van der Waals surface area contributed by atoms with Crippen LogP contribution in [-0.4, -0.2) is 27.1 Å². The summed E-state index contributed by atoms with van der Waals surface area (Å²) in [4.78, 5) is 32.9. The van der Waals surface area contributed by atoms with E-state index in [1.807, 2.05) is 0 Å². The van der Waals surface area contributed by atoms with E-state index in [4.69, 9.17) is 5.11 Å². The number of carbonyl (C=O) groups is 2. The Hall–Kier alpha value is 0.220. The first-order valence-electron chi connectivity index (χ1n) is 2.23. The number of carboxylic acids is 1. The van der Waals surface area contributed by atoms with E-state index in [1.165, 1.54) is 0 Å². The fourth-order valence-corrected chi connectivity index (χ4v) is 0.531. The smallest absolute Gasteiger partial charge is 1.00 e. The summed E-state index contributed by atoms with van der Waals surface area (Å²) in [6.07, 6.45) is 0.982. The van der Waals surface area contributed by atoms with Gasteiger partial charge in [0.2, 0.25) is 10.3 Å². The van der Waals surface area contributed by atoms with Crippen LogP contribution >= 0.6 is 25.3 Å². The number of nitrogens with zero attached hydrogens (tertiary/aromatic N) is 1. The Balaban J connectivity index is -0.000000500. The van der Waals surface area contributed by atoms with E-state index < -0.39 is 16.0 Å². The number of Topliss-reactive ketones (excluding diaryl/α,β-unsaturated/α-hetero) is 1. The number of isocyanates is 1. The van der Waals surface area contributed by atoms with Gasteiger partial charge in [-0.15, -0.1) is 25.3 Å². The van der Waals surface area contributed by atoms with Crippen LogP contribution in [0.1, 0.15) is 1.43 Å². The Bertz CT molecular complexity index is 253. The molecule has 12 heavy (non-hydrogen) atoms. The molecule has 0 atom stereocenters. The summed E-state index contributed by atoms with van der Waals surface area (Å²) in [5.74, 6) is -3.15. The maximum atomic E-state index is 10.5. The van der Waals surface area contributed by atoms with E-state index in [0.717, 1.165) is 6.08 Å².